The Bertz CT molecular complexity index is 621. The SMILES string of the molecule is CON(C)C(=O)N1c2ccccc2CC[C@@H]1NC(=O)CC(F)(F)F. The monoisotopic (exact) mass is 345 g/mol. The van der Waals surface area contributed by atoms with Crippen LogP contribution < -0.4 is 10.2 Å². The number of amides is 3. The first-order chi connectivity index (χ1) is 11.2. The summed E-state index contributed by atoms with van der Waals surface area (Å²) in [5.74, 6) is -1.18. The van der Waals surface area contributed by atoms with E-state index >= 15 is 0 Å². The summed E-state index contributed by atoms with van der Waals surface area (Å²) in [6, 6.07) is 6.45. The first-order valence-corrected chi connectivity index (χ1v) is 7.28. The van der Waals surface area contributed by atoms with Gasteiger partial charge >= 0.3 is 12.2 Å². The van der Waals surface area contributed by atoms with Crippen molar-refractivity contribution in [1.82, 2.24) is 10.4 Å². The van der Waals surface area contributed by atoms with Crippen molar-refractivity contribution in [2.24, 2.45) is 0 Å². The highest BCUT2D eigenvalue weighted by Crippen LogP contribution is 2.31. The predicted molar refractivity (Wildman–Crippen MR) is 80.0 cm³/mol. The van der Waals surface area contributed by atoms with Gasteiger partial charge in [-0.2, -0.15) is 13.2 Å². The topological polar surface area (TPSA) is 61.9 Å². The smallest absolute Gasteiger partial charge is 0.335 e. The summed E-state index contributed by atoms with van der Waals surface area (Å²) in [6.45, 7) is 0. The normalized spacial score (nSPS) is 17.2. The molecule has 24 heavy (non-hydrogen) atoms. The summed E-state index contributed by atoms with van der Waals surface area (Å²) in [7, 11) is 2.68. The average Bonchev–Trinajstić information content (AvgIpc) is 2.51. The predicted octanol–water partition coefficient (Wildman–Crippen LogP) is 2.45. The molecule has 132 valence electrons. The van der Waals surface area contributed by atoms with Crippen molar-refractivity contribution < 1.29 is 27.6 Å². The minimum atomic E-state index is -4.60. The van der Waals surface area contributed by atoms with Crippen LogP contribution in [0.15, 0.2) is 24.3 Å². The van der Waals surface area contributed by atoms with E-state index in [1.54, 1.807) is 12.1 Å². The number of halogens is 3. The number of anilines is 1. The molecule has 0 aliphatic carbocycles. The molecular weight excluding hydrogens is 327 g/mol. The van der Waals surface area contributed by atoms with E-state index in [-0.39, 0.29) is 0 Å². The molecule has 1 heterocycles. The molecule has 0 aromatic heterocycles. The second kappa shape index (κ2) is 7.08. The number of urea groups is 1. The Morgan fingerprint density at radius 2 is 2.04 bits per heavy atom. The fourth-order valence-electron chi connectivity index (χ4n) is 2.57. The van der Waals surface area contributed by atoms with E-state index in [9.17, 15) is 22.8 Å². The fraction of sp³-hybridized carbons (Fsp3) is 0.467. The van der Waals surface area contributed by atoms with E-state index in [1.807, 2.05) is 12.1 Å². The molecule has 1 aromatic rings. The van der Waals surface area contributed by atoms with Gasteiger partial charge < -0.3 is 5.32 Å². The maximum atomic E-state index is 12.5. The third kappa shape index (κ3) is 4.16. The minimum absolute atomic E-state index is 0.309. The van der Waals surface area contributed by atoms with Gasteiger partial charge in [-0.1, -0.05) is 18.2 Å². The number of carbonyl (C=O) groups excluding carboxylic acids is 2. The lowest BCUT2D eigenvalue weighted by molar-refractivity contribution is -0.154. The van der Waals surface area contributed by atoms with E-state index in [1.165, 1.54) is 19.1 Å². The molecule has 1 aliphatic heterocycles. The highest BCUT2D eigenvalue weighted by molar-refractivity contribution is 5.94. The Labute approximate surface area is 137 Å². The molecule has 0 radical (unpaired) electrons. The number of para-hydroxylation sites is 1. The number of benzene rings is 1. The number of alkyl halides is 3. The lowest BCUT2D eigenvalue weighted by Crippen LogP contribution is -2.56. The molecule has 0 fully saturated rings. The van der Waals surface area contributed by atoms with E-state index < -0.39 is 30.7 Å². The van der Waals surface area contributed by atoms with Crippen LogP contribution in [0.5, 0.6) is 0 Å². The summed E-state index contributed by atoms with van der Waals surface area (Å²) in [6.07, 6.45) is -6.22. The summed E-state index contributed by atoms with van der Waals surface area (Å²) >= 11 is 0. The Morgan fingerprint density at radius 3 is 2.67 bits per heavy atom. The number of carbonyl (C=O) groups is 2. The van der Waals surface area contributed by atoms with Crippen LogP contribution in [-0.4, -0.2) is 43.5 Å². The first-order valence-electron chi connectivity index (χ1n) is 7.28. The van der Waals surface area contributed by atoms with Crippen LogP contribution in [0.25, 0.3) is 0 Å². The third-order valence-corrected chi connectivity index (χ3v) is 3.69. The van der Waals surface area contributed by atoms with E-state index in [0.717, 1.165) is 10.6 Å². The fourth-order valence-corrected chi connectivity index (χ4v) is 2.57. The van der Waals surface area contributed by atoms with Crippen molar-refractivity contribution in [1.29, 1.82) is 0 Å². The molecule has 1 aliphatic rings. The van der Waals surface area contributed by atoms with Crippen LogP contribution in [0.3, 0.4) is 0 Å². The zero-order chi connectivity index (χ0) is 17.9. The number of aryl methyl sites for hydroxylation is 1. The van der Waals surface area contributed by atoms with Gasteiger partial charge in [-0.05, 0) is 24.5 Å². The highest BCUT2D eigenvalue weighted by Gasteiger charge is 2.37. The number of hydrogen-bond donors (Lipinski definition) is 1. The summed E-state index contributed by atoms with van der Waals surface area (Å²) in [4.78, 5) is 30.3. The number of nitrogens with one attached hydrogen (secondary N) is 1. The van der Waals surface area contributed by atoms with Crippen molar-refractivity contribution >= 4 is 17.6 Å². The Kier molecular flexibility index (Phi) is 5.33. The van der Waals surface area contributed by atoms with E-state index in [2.05, 4.69) is 5.32 Å². The Hall–Kier alpha value is -2.29. The largest absolute Gasteiger partial charge is 0.397 e. The Balaban J connectivity index is 2.26. The first kappa shape index (κ1) is 18.1. The second-order valence-corrected chi connectivity index (χ2v) is 5.38. The lowest BCUT2D eigenvalue weighted by atomic mass is 9.99. The summed E-state index contributed by atoms with van der Waals surface area (Å²) < 4.78 is 37.1. The van der Waals surface area contributed by atoms with Gasteiger partial charge in [-0.3, -0.25) is 14.5 Å². The molecule has 2 rings (SSSR count). The van der Waals surface area contributed by atoms with Crippen LogP contribution in [0.4, 0.5) is 23.7 Å². The molecular formula is C15H18F3N3O3. The van der Waals surface area contributed by atoms with Crippen LogP contribution in [0, 0.1) is 0 Å². The number of rotatable bonds is 3. The van der Waals surface area contributed by atoms with Gasteiger partial charge in [0.2, 0.25) is 5.91 Å². The second-order valence-electron chi connectivity index (χ2n) is 5.38. The van der Waals surface area contributed by atoms with Crippen molar-refractivity contribution in [3.05, 3.63) is 29.8 Å². The third-order valence-electron chi connectivity index (χ3n) is 3.69. The zero-order valence-corrected chi connectivity index (χ0v) is 13.3. The van der Waals surface area contributed by atoms with Crippen LogP contribution in [0.2, 0.25) is 0 Å². The Morgan fingerprint density at radius 1 is 1.38 bits per heavy atom. The quantitative estimate of drug-likeness (QED) is 0.856. The lowest BCUT2D eigenvalue weighted by Gasteiger charge is -2.38. The van der Waals surface area contributed by atoms with Crippen molar-refractivity contribution in [2.45, 2.75) is 31.6 Å². The molecule has 0 bridgehead atoms. The molecule has 9 heteroatoms. The summed E-state index contributed by atoms with van der Waals surface area (Å²) in [5, 5.41) is 3.24. The average molecular weight is 345 g/mol. The molecule has 1 N–H and O–H groups in total. The van der Waals surface area contributed by atoms with Gasteiger partial charge in [0.05, 0.1) is 12.8 Å². The van der Waals surface area contributed by atoms with Gasteiger partial charge in [0.25, 0.3) is 0 Å². The number of hydrogen-bond acceptors (Lipinski definition) is 3. The number of hydroxylamine groups is 2. The molecule has 0 saturated carbocycles. The molecule has 0 spiro atoms. The van der Waals surface area contributed by atoms with Gasteiger partial charge in [-0.25, -0.2) is 9.86 Å². The van der Waals surface area contributed by atoms with Crippen molar-refractivity contribution in [3.63, 3.8) is 0 Å². The summed E-state index contributed by atoms with van der Waals surface area (Å²) in [5.41, 5.74) is 1.41. The molecule has 0 unspecified atom stereocenters. The van der Waals surface area contributed by atoms with Gasteiger partial charge in [0, 0.05) is 7.05 Å². The van der Waals surface area contributed by atoms with Gasteiger partial charge in [-0.15, -0.1) is 0 Å². The highest BCUT2D eigenvalue weighted by atomic mass is 19.4. The van der Waals surface area contributed by atoms with Crippen LogP contribution >= 0.6 is 0 Å². The standard InChI is InChI=1S/C15H18F3N3O3/c1-20(24-2)14(23)21-11-6-4-3-5-10(11)7-8-12(21)19-13(22)9-15(16,17)18/h3-6,12H,7-9H2,1-2H3,(H,19,22)/t12-/m1/s1. The van der Waals surface area contributed by atoms with Gasteiger partial charge in [0.1, 0.15) is 12.6 Å². The molecule has 1 atom stereocenters. The van der Waals surface area contributed by atoms with Crippen LogP contribution in [-0.2, 0) is 16.1 Å². The number of fused-ring (bicyclic) bond motifs is 1. The van der Waals surface area contributed by atoms with Crippen LogP contribution in [0.1, 0.15) is 18.4 Å². The van der Waals surface area contributed by atoms with Gasteiger partial charge in [0.15, 0.2) is 0 Å². The minimum Gasteiger partial charge on any atom is -0.335 e. The molecule has 6 nitrogen and oxygen atoms in total. The van der Waals surface area contributed by atoms with E-state index in [0.29, 0.717) is 18.5 Å². The maximum Gasteiger partial charge on any atom is 0.397 e. The molecule has 3 amide bonds. The van der Waals surface area contributed by atoms with E-state index in [4.69, 9.17) is 4.84 Å². The maximum absolute atomic E-state index is 12.5. The van der Waals surface area contributed by atoms with Crippen molar-refractivity contribution in [2.75, 3.05) is 19.1 Å². The number of nitrogens with zero attached hydrogens (tertiary/aromatic N) is 2. The van der Waals surface area contributed by atoms with Crippen molar-refractivity contribution in [3.8, 4) is 0 Å². The molecule has 0 saturated heterocycles. The molecule has 1 aromatic carbocycles. The zero-order valence-electron chi connectivity index (χ0n) is 13.3.